The van der Waals surface area contributed by atoms with Crippen molar-refractivity contribution < 1.29 is 19.4 Å². The largest absolute Gasteiger partial charge is 0.392 e. The number of hydrogen-bond acceptors (Lipinski definition) is 5. The van der Waals surface area contributed by atoms with Crippen LogP contribution in [-0.2, 0) is 20.9 Å². The fraction of sp³-hybridized carbons (Fsp3) is 0.324. The predicted octanol–water partition coefficient (Wildman–Crippen LogP) is 6.77. The van der Waals surface area contributed by atoms with Crippen LogP contribution >= 0.6 is 0 Å². The summed E-state index contributed by atoms with van der Waals surface area (Å²) in [5.41, 5.74) is 4.82. The van der Waals surface area contributed by atoms with Gasteiger partial charge >= 0.3 is 0 Å². The molecule has 6 heteroatoms. The minimum atomic E-state index is -0.556. The lowest BCUT2D eigenvalue weighted by molar-refractivity contribution is -0.276. The minimum Gasteiger partial charge on any atom is -0.392 e. The maximum Gasteiger partial charge on any atom is 0.221 e. The number of aliphatic hydroxyl groups excluding tert-OH is 1. The van der Waals surface area contributed by atoms with Gasteiger partial charge in [-0.3, -0.25) is 9.69 Å². The molecule has 1 saturated heterocycles. The second-order valence-corrected chi connectivity index (χ2v) is 10.8. The van der Waals surface area contributed by atoms with Crippen molar-refractivity contribution in [3.63, 3.8) is 0 Å². The van der Waals surface area contributed by atoms with Crippen molar-refractivity contribution in [3.8, 4) is 0 Å². The number of nitrogens with zero attached hydrogens (tertiary/aromatic N) is 1. The van der Waals surface area contributed by atoms with Gasteiger partial charge in [0.2, 0.25) is 5.91 Å². The van der Waals surface area contributed by atoms with E-state index in [0.717, 1.165) is 28.9 Å². The molecule has 1 fully saturated rings. The summed E-state index contributed by atoms with van der Waals surface area (Å²) in [4.78, 5) is 13.8. The van der Waals surface area contributed by atoms with Gasteiger partial charge in [-0.1, -0.05) is 79.7 Å². The Labute approximate surface area is 236 Å². The quantitative estimate of drug-likeness (QED) is 0.259. The molecule has 5 atom stereocenters. The molecule has 0 aliphatic carbocycles. The van der Waals surface area contributed by atoms with Gasteiger partial charge < -0.3 is 19.9 Å². The van der Waals surface area contributed by atoms with E-state index >= 15 is 0 Å². The normalized spacial score (nSPS) is 21.9. The van der Waals surface area contributed by atoms with Crippen molar-refractivity contribution in [3.05, 3.63) is 113 Å². The predicted molar refractivity (Wildman–Crippen MR) is 159 cm³/mol. The first kappa shape index (κ1) is 28.0. The summed E-state index contributed by atoms with van der Waals surface area (Å²) in [6.07, 6.45) is -0.834. The number of benzene rings is 4. The highest BCUT2D eigenvalue weighted by molar-refractivity contribution is 5.88. The average Bonchev–Trinajstić information content (AvgIpc) is 2.97. The van der Waals surface area contributed by atoms with E-state index in [1.54, 1.807) is 0 Å². The first-order chi connectivity index (χ1) is 19.3. The average molecular weight is 539 g/mol. The van der Waals surface area contributed by atoms with E-state index in [-0.39, 0.29) is 36.7 Å². The van der Waals surface area contributed by atoms with Gasteiger partial charge in [-0.25, -0.2) is 0 Å². The molecular formula is C34H38N2O4. The third-order valence-electron chi connectivity index (χ3n) is 8.01. The number of fused-ring (bicyclic) bond motifs is 1. The first-order valence-electron chi connectivity index (χ1n) is 13.9. The molecule has 0 unspecified atom stereocenters. The Balaban J connectivity index is 1.39. The fourth-order valence-corrected chi connectivity index (χ4v) is 5.42. The number of carbonyl (C=O) groups excluding carboxylic acids is 1. The van der Waals surface area contributed by atoms with Crippen LogP contribution in [0.5, 0.6) is 0 Å². The lowest BCUT2D eigenvalue weighted by atomic mass is 9.89. The smallest absolute Gasteiger partial charge is 0.221 e. The van der Waals surface area contributed by atoms with Crippen LogP contribution in [-0.4, -0.2) is 35.6 Å². The highest BCUT2D eigenvalue weighted by Crippen LogP contribution is 2.42. The first-order valence-corrected chi connectivity index (χ1v) is 13.9. The molecule has 40 heavy (non-hydrogen) atoms. The molecule has 0 aromatic heterocycles. The van der Waals surface area contributed by atoms with Crippen LogP contribution in [0.2, 0.25) is 0 Å². The van der Waals surface area contributed by atoms with Gasteiger partial charge in [0.1, 0.15) is 0 Å². The molecule has 0 bridgehead atoms. The number of rotatable bonds is 8. The van der Waals surface area contributed by atoms with E-state index in [4.69, 9.17) is 9.47 Å². The second-order valence-electron chi connectivity index (χ2n) is 10.8. The maximum absolute atomic E-state index is 11.5. The number of ether oxygens (including phenoxy) is 2. The molecule has 2 N–H and O–H groups in total. The van der Waals surface area contributed by atoms with E-state index in [0.29, 0.717) is 0 Å². The minimum absolute atomic E-state index is 0.00776. The van der Waals surface area contributed by atoms with Crippen molar-refractivity contribution in [2.24, 2.45) is 5.92 Å². The van der Waals surface area contributed by atoms with E-state index in [2.05, 4.69) is 73.6 Å². The molecule has 4 aromatic carbocycles. The molecule has 0 radical (unpaired) electrons. The van der Waals surface area contributed by atoms with Gasteiger partial charge in [0.05, 0.1) is 18.8 Å². The number of carbonyl (C=O) groups is 1. The topological polar surface area (TPSA) is 71.0 Å². The van der Waals surface area contributed by atoms with Gasteiger partial charge in [0.15, 0.2) is 6.29 Å². The second kappa shape index (κ2) is 12.3. The summed E-state index contributed by atoms with van der Waals surface area (Å²) in [5.74, 6) is -0.0251. The zero-order valence-corrected chi connectivity index (χ0v) is 23.6. The zero-order chi connectivity index (χ0) is 28.2. The van der Waals surface area contributed by atoms with Gasteiger partial charge in [0, 0.05) is 36.7 Å². The molecule has 0 saturated carbocycles. The Kier molecular flexibility index (Phi) is 8.62. The monoisotopic (exact) mass is 538 g/mol. The highest BCUT2D eigenvalue weighted by Gasteiger charge is 2.39. The molecule has 1 aliphatic rings. The van der Waals surface area contributed by atoms with E-state index in [1.165, 1.54) is 23.3 Å². The van der Waals surface area contributed by atoms with Gasteiger partial charge in [-0.2, -0.15) is 0 Å². The van der Waals surface area contributed by atoms with Crippen LogP contribution in [0.25, 0.3) is 10.8 Å². The Morgan fingerprint density at radius 1 is 0.925 bits per heavy atom. The molecule has 208 valence electrons. The molecule has 6 nitrogen and oxygen atoms in total. The van der Waals surface area contributed by atoms with Crippen molar-refractivity contribution in [2.75, 3.05) is 18.9 Å². The summed E-state index contributed by atoms with van der Waals surface area (Å²) in [6, 6.07) is 30.9. The summed E-state index contributed by atoms with van der Waals surface area (Å²) >= 11 is 0. The summed E-state index contributed by atoms with van der Waals surface area (Å²) in [5, 5.41) is 14.8. The summed E-state index contributed by atoms with van der Waals surface area (Å²) in [7, 11) is 2.15. The fourth-order valence-electron chi connectivity index (χ4n) is 5.42. The summed E-state index contributed by atoms with van der Waals surface area (Å²) < 4.78 is 13.2. The molecule has 1 heterocycles. The molecule has 5 rings (SSSR count). The SMILES string of the molecule is CC(=O)Nc1ccc([C@@H]2O[C@H](CN(C)[C@H](C)c3ccc4ccccc4c3)[C@H](C)[C@H](c3ccc(CO)cc3)O2)cc1. The Bertz CT molecular complexity index is 1440. The summed E-state index contributed by atoms with van der Waals surface area (Å²) in [6.45, 7) is 6.64. The highest BCUT2D eigenvalue weighted by atomic mass is 16.7. The van der Waals surface area contributed by atoms with Crippen LogP contribution in [0.3, 0.4) is 0 Å². The lowest BCUT2D eigenvalue weighted by Gasteiger charge is -2.43. The number of anilines is 1. The Morgan fingerprint density at radius 2 is 1.60 bits per heavy atom. The van der Waals surface area contributed by atoms with Gasteiger partial charge in [-0.15, -0.1) is 0 Å². The van der Waals surface area contributed by atoms with E-state index < -0.39 is 6.29 Å². The third kappa shape index (κ3) is 6.26. The van der Waals surface area contributed by atoms with Crippen molar-refractivity contribution in [1.29, 1.82) is 0 Å². The molecule has 0 spiro atoms. The lowest BCUT2D eigenvalue weighted by Crippen LogP contribution is -2.44. The maximum atomic E-state index is 11.5. The van der Waals surface area contributed by atoms with Gasteiger partial charge in [-0.05, 0) is 59.6 Å². The van der Waals surface area contributed by atoms with Crippen LogP contribution in [0.4, 0.5) is 5.69 Å². The molecule has 4 aromatic rings. The molecule has 1 aliphatic heterocycles. The van der Waals surface area contributed by atoms with Crippen LogP contribution < -0.4 is 5.32 Å². The third-order valence-corrected chi connectivity index (χ3v) is 8.01. The van der Waals surface area contributed by atoms with E-state index in [9.17, 15) is 9.90 Å². The number of aliphatic hydroxyl groups is 1. The van der Waals surface area contributed by atoms with Crippen molar-refractivity contribution >= 4 is 22.4 Å². The zero-order valence-electron chi connectivity index (χ0n) is 23.6. The van der Waals surface area contributed by atoms with Crippen molar-refractivity contribution in [1.82, 2.24) is 4.90 Å². The molecular weight excluding hydrogens is 500 g/mol. The Hall–Kier alpha value is -3.55. The van der Waals surface area contributed by atoms with Gasteiger partial charge in [0.25, 0.3) is 0 Å². The Morgan fingerprint density at radius 3 is 2.27 bits per heavy atom. The van der Waals surface area contributed by atoms with E-state index in [1.807, 2.05) is 48.5 Å². The number of hydrogen-bond donors (Lipinski definition) is 2. The molecule has 1 amide bonds. The number of likely N-dealkylation sites (N-methyl/N-ethyl adjacent to an activating group) is 1. The van der Waals surface area contributed by atoms with Crippen LogP contribution in [0.1, 0.15) is 61.5 Å². The number of amides is 1. The number of nitrogens with one attached hydrogen (secondary N) is 1. The standard InChI is InChI=1S/C34H38N2O4/c1-22-32(20-36(4)23(2)29-14-13-26-7-5-6-8-30(26)19-29)39-34(28-15-17-31(18-16-28)35-24(3)38)40-33(22)27-11-9-25(21-37)10-12-27/h5-19,22-23,32-34,37H,20-21H2,1-4H3,(H,35,38)/t22-,23+,32+,33+,34+/m0/s1. The van der Waals surface area contributed by atoms with Crippen LogP contribution in [0.15, 0.2) is 91.0 Å². The van der Waals surface area contributed by atoms with Crippen molar-refractivity contribution in [2.45, 2.75) is 51.9 Å². The van der Waals surface area contributed by atoms with Crippen LogP contribution in [0, 0.1) is 5.92 Å².